The van der Waals surface area contributed by atoms with Crippen molar-refractivity contribution in [2.75, 3.05) is 24.5 Å². The third-order valence-corrected chi connectivity index (χ3v) is 5.25. The number of anilines is 1. The standard InChI is InChI=1S/C20H30N2O3/c1-19(2,3)25-18(24)21-11-14-10-20(4,5)17(13-21)22(12-14)15-6-8-16(23)9-7-15/h6-9,14,17,23H,10-13H2,1-5H3/t14-,17-/m1/s1. The highest BCUT2D eigenvalue weighted by atomic mass is 16.6. The van der Waals surface area contributed by atoms with Gasteiger partial charge in [-0.15, -0.1) is 0 Å². The Labute approximate surface area is 150 Å². The monoisotopic (exact) mass is 346 g/mol. The molecule has 138 valence electrons. The second-order valence-corrected chi connectivity index (χ2v) is 9.13. The third-order valence-electron chi connectivity index (χ3n) is 5.25. The molecule has 5 nitrogen and oxygen atoms in total. The fourth-order valence-electron chi connectivity index (χ4n) is 4.24. The molecular weight excluding hydrogens is 316 g/mol. The van der Waals surface area contributed by atoms with Crippen molar-refractivity contribution in [2.24, 2.45) is 11.3 Å². The van der Waals surface area contributed by atoms with Crippen LogP contribution in [-0.2, 0) is 4.74 Å². The van der Waals surface area contributed by atoms with E-state index in [2.05, 4.69) is 18.7 Å². The van der Waals surface area contributed by atoms with Crippen molar-refractivity contribution in [3.63, 3.8) is 0 Å². The van der Waals surface area contributed by atoms with E-state index < -0.39 is 5.60 Å². The third kappa shape index (κ3) is 3.86. The number of phenols is 1. The average Bonchev–Trinajstić information content (AvgIpc) is 2.73. The van der Waals surface area contributed by atoms with Crippen LogP contribution >= 0.6 is 0 Å². The molecule has 5 heteroatoms. The Morgan fingerprint density at radius 3 is 2.40 bits per heavy atom. The van der Waals surface area contributed by atoms with Crippen LogP contribution in [0, 0.1) is 11.3 Å². The summed E-state index contributed by atoms with van der Waals surface area (Å²) in [7, 11) is 0. The minimum atomic E-state index is -0.478. The largest absolute Gasteiger partial charge is 0.508 e. The van der Waals surface area contributed by atoms with Gasteiger partial charge in [-0.05, 0) is 62.8 Å². The van der Waals surface area contributed by atoms with Crippen molar-refractivity contribution in [3.05, 3.63) is 24.3 Å². The lowest BCUT2D eigenvalue weighted by molar-refractivity contribution is 0.0240. The molecule has 0 radical (unpaired) electrons. The quantitative estimate of drug-likeness (QED) is 0.839. The first-order chi connectivity index (χ1) is 11.5. The van der Waals surface area contributed by atoms with Crippen LogP contribution in [0.25, 0.3) is 0 Å². The van der Waals surface area contributed by atoms with Gasteiger partial charge in [-0.3, -0.25) is 0 Å². The fourth-order valence-corrected chi connectivity index (χ4v) is 4.24. The van der Waals surface area contributed by atoms with E-state index >= 15 is 0 Å². The topological polar surface area (TPSA) is 53.0 Å². The molecule has 1 aromatic rings. The predicted molar refractivity (Wildman–Crippen MR) is 98.9 cm³/mol. The van der Waals surface area contributed by atoms with Crippen molar-refractivity contribution >= 4 is 11.8 Å². The normalized spacial score (nSPS) is 25.6. The molecule has 1 aromatic carbocycles. The minimum absolute atomic E-state index is 0.109. The van der Waals surface area contributed by atoms with E-state index in [1.54, 1.807) is 12.1 Å². The molecule has 3 heterocycles. The predicted octanol–water partition coefficient (Wildman–Crippen LogP) is 3.86. The van der Waals surface area contributed by atoms with Crippen LogP contribution in [0.3, 0.4) is 0 Å². The Kier molecular flexibility index (Phi) is 4.38. The Bertz CT molecular complexity index is 633. The van der Waals surface area contributed by atoms with Gasteiger partial charge in [0.05, 0.1) is 6.04 Å². The van der Waals surface area contributed by atoms with Crippen molar-refractivity contribution in [3.8, 4) is 5.75 Å². The Morgan fingerprint density at radius 2 is 1.80 bits per heavy atom. The molecule has 0 saturated carbocycles. The zero-order chi connectivity index (χ0) is 18.4. The van der Waals surface area contributed by atoms with Crippen LogP contribution in [0.5, 0.6) is 5.75 Å². The number of amides is 1. The molecule has 3 aliphatic rings. The Morgan fingerprint density at radius 1 is 1.16 bits per heavy atom. The molecule has 0 spiro atoms. The molecular formula is C20H30N2O3. The summed E-state index contributed by atoms with van der Waals surface area (Å²) in [4.78, 5) is 16.9. The molecule has 0 unspecified atom stereocenters. The zero-order valence-corrected chi connectivity index (χ0v) is 16.0. The molecule has 2 atom stereocenters. The van der Waals surface area contributed by atoms with Gasteiger partial charge in [-0.1, -0.05) is 13.8 Å². The minimum Gasteiger partial charge on any atom is -0.508 e. The highest BCUT2D eigenvalue weighted by molar-refractivity contribution is 5.68. The number of carbonyl (C=O) groups excluding carboxylic acids is 1. The molecule has 1 N–H and O–H groups in total. The second kappa shape index (κ2) is 6.11. The highest BCUT2D eigenvalue weighted by Gasteiger charge is 2.47. The smallest absolute Gasteiger partial charge is 0.410 e. The number of aromatic hydroxyl groups is 1. The van der Waals surface area contributed by atoms with Gasteiger partial charge in [0, 0.05) is 25.3 Å². The van der Waals surface area contributed by atoms with E-state index in [0.717, 1.165) is 25.2 Å². The van der Waals surface area contributed by atoms with Crippen LogP contribution in [-0.4, -0.2) is 47.4 Å². The SMILES string of the molecule is CC(C)(C)OC(=O)N1C[C@@H]2CN(c3ccc(O)cc3)[C@H](C1)C(C)(C)C2. The van der Waals surface area contributed by atoms with E-state index in [9.17, 15) is 9.90 Å². The molecule has 25 heavy (non-hydrogen) atoms. The van der Waals surface area contributed by atoms with E-state index in [1.807, 2.05) is 37.8 Å². The van der Waals surface area contributed by atoms with E-state index in [0.29, 0.717) is 12.5 Å². The first kappa shape index (κ1) is 17.9. The molecule has 1 amide bonds. The number of phenolic OH excluding ortho intramolecular Hbond substituents is 1. The van der Waals surface area contributed by atoms with Gasteiger partial charge < -0.3 is 19.6 Å². The van der Waals surface area contributed by atoms with Gasteiger partial charge in [0.1, 0.15) is 11.4 Å². The number of fused-ring (bicyclic) bond motifs is 4. The number of piperidine rings is 1. The first-order valence-corrected chi connectivity index (χ1v) is 9.09. The number of rotatable bonds is 1. The molecule has 3 aliphatic heterocycles. The Hall–Kier alpha value is -1.91. The first-order valence-electron chi connectivity index (χ1n) is 9.09. The van der Waals surface area contributed by atoms with Crippen molar-refractivity contribution in [1.29, 1.82) is 0 Å². The lowest BCUT2D eigenvalue weighted by Gasteiger charge is -2.48. The van der Waals surface area contributed by atoms with Crippen LogP contribution < -0.4 is 4.90 Å². The van der Waals surface area contributed by atoms with Crippen molar-refractivity contribution < 1.29 is 14.6 Å². The number of hydrogen-bond donors (Lipinski definition) is 1. The molecule has 4 rings (SSSR count). The molecule has 2 bridgehead atoms. The van der Waals surface area contributed by atoms with Gasteiger partial charge in [0.2, 0.25) is 0 Å². The van der Waals surface area contributed by atoms with Crippen LogP contribution in [0.1, 0.15) is 41.0 Å². The maximum absolute atomic E-state index is 12.6. The van der Waals surface area contributed by atoms with E-state index in [-0.39, 0.29) is 23.3 Å². The summed E-state index contributed by atoms with van der Waals surface area (Å²) in [6.07, 6.45) is 0.888. The number of nitrogens with zero attached hydrogens (tertiary/aromatic N) is 2. The van der Waals surface area contributed by atoms with Gasteiger partial charge in [-0.2, -0.15) is 0 Å². The van der Waals surface area contributed by atoms with Crippen LogP contribution in [0.2, 0.25) is 0 Å². The number of benzene rings is 1. The lowest BCUT2D eigenvalue weighted by atomic mass is 9.73. The van der Waals surface area contributed by atoms with Gasteiger partial charge in [-0.25, -0.2) is 4.79 Å². The average molecular weight is 346 g/mol. The van der Waals surface area contributed by atoms with Crippen LogP contribution in [0.15, 0.2) is 24.3 Å². The number of carbonyl (C=O) groups is 1. The summed E-state index contributed by atoms with van der Waals surface area (Å²) >= 11 is 0. The summed E-state index contributed by atoms with van der Waals surface area (Å²) < 4.78 is 5.62. The van der Waals surface area contributed by atoms with E-state index in [1.165, 1.54) is 0 Å². The van der Waals surface area contributed by atoms with Gasteiger partial charge in [0.25, 0.3) is 0 Å². The maximum atomic E-state index is 12.6. The van der Waals surface area contributed by atoms with Crippen molar-refractivity contribution in [1.82, 2.24) is 4.90 Å². The zero-order valence-electron chi connectivity index (χ0n) is 16.0. The number of hydrogen-bond acceptors (Lipinski definition) is 4. The summed E-state index contributed by atoms with van der Waals surface area (Å²) in [5.74, 6) is 0.688. The highest BCUT2D eigenvalue weighted by Crippen LogP contribution is 2.43. The van der Waals surface area contributed by atoms with Gasteiger partial charge in [0.15, 0.2) is 0 Å². The van der Waals surface area contributed by atoms with Crippen molar-refractivity contribution in [2.45, 2.75) is 52.7 Å². The summed E-state index contributed by atoms with van der Waals surface area (Å²) in [6, 6.07) is 7.61. The Balaban J connectivity index is 1.86. The molecule has 3 fully saturated rings. The maximum Gasteiger partial charge on any atom is 0.410 e. The summed E-state index contributed by atoms with van der Waals surface area (Å²) in [6.45, 7) is 12.6. The molecule has 0 aromatic heterocycles. The molecule has 3 saturated heterocycles. The number of ether oxygens (including phenoxy) is 1. The molecule has 0 aliphatic carbocycles. The lowest BCUT2D eigenvalue weighted by Crippen LogP contribution is -2.54. The summed E-state index contributed by atoms with van der Waals surface area (Å²) in [5, 5.41) is 9.58. The second-order valence-electron chi connectivity index (χ2n) is 9.13. The van der Waals surface area contributed by atoms with Gasteiger partial charge >= 0.3 is 6.09 Å². The van der Waals surface area contributed by atoms with E-state index in [4.69, 9.17) is 4.74 Å². The van der Waals surface area contributed by atoms with Crippen LogP contribution in [0.4, 0.5) is 10.5 Å². The summed E-state index contributed by atoms with van der Waals surface area (Å²) in [5.41, 5.74) is 0.734. The fraction of sp³-hybridized carbons (Fsp3) is 0.650.